The molecule has 10 nitrogen and oxygen atoms in total. The number of aryl methyl sites for hydroxylation is 2. The molecule has 2 N–H and O–H groups in total. The number of azo groups is 2. The molecule has 4 aromatic rings. The van der Waals surface area contributed by atoms with E-state index in [1.165, 1.54) is 0 Å². The third-order valence-electron chi connectivity index (χ3n) is 7.63. The van der Waals surface area contributed by atoms with Gasteiger partial charge < -0.3 is 20.1 Å². The second kappa shape index (κ2) is 16.8. The Morgan fingerprint density at radius 1 is 0.612 bits per heavy atom. The van der Waals surface area contributed by atoms with Crippen LogP contribution in [-0.4, -0.2) is 38.1 Å². The third kappa shape index (κ3) is 9.35. The Morgan fingerprint density at radius 2 is 1.00 bits per heavy atom. The first kappa shape index (κ1) is 34.4. The summed E-state index contributed by atoms with van der Waals surface area (Å²) >= 11 is 0. The Bertz CT molecular complexity index is 1740. The van der Waals surface area contributed by atoms with Crippen LogP contribution in [0.25, 0.3) is 0 Å². The number of hydrogen-bond acceptors (Lipinski definition) is 8. The predicted octanol–water partition coefficient (Wildman–Crippen LogP) is 8.91. The maximum Gasteiger partial charge on any atom is 0.255 e. The lowest BCUT2D eigenvalue weighted by atomic mass is 10.0. The van der Waals surface area contributed by atoms with Crippen molar-refractivity contribution in [3.63, 3.8) is 0 Å². The average Bonchev–Trinajstić information content (AvgIpc) is 3.10. The van der Waals surface area contributed by atoms with E-state index in [0.29, 0.717) is 64.6 Å². The van der Waals surface area contributed by atoms with E-state index < -0.39 is 0 Å². The van der Waals surface area contributed by atoms with E-state index in [9.17, 15) is 9.59 Å². The molecule has 10 heteroatoms. The Balaban J connectivity index is 1.41. The van der Waals surface area contributed by atoms with Crippen LogP contribution in [0.5, 0.6) is 11.5 Å². The molecule has 49 heavy (non-hydrogen) atoms. The number of amides is 2. The van der Waals surface area contributed by atoms with Gasteiger partial charge >= 0.3 is 0 Å². The van der Waals surface area contributed by atoms with Gasteiger partial charge in [0.1, 0.15) is 11.5 Å². The molecule has 0 atom stereocenters. The number of nitrogens with zero attached hydrogens (tertiary/aromatic N) is 4. The van der Waals surface area contributed by atoms with Crippen molar-refractivity contribution in [1.82, 2.24) is 10.6 Å². The fraction of sp³-hybridized carbons (Fsp3) is 0.231. The zero-order valence-corrected chi connectivity index (χ0v) is 27.9. The summed E-state index contributed by atoms with van der Waals surface area (Å²) < 4.78 is 12.5. The normalized spacial score (nSPS) is 14.0. The van der Waals surface area contributed by atoms with E-state index in [4.69, 9.17) is 9.47 Å². The Hall–Kier alpha value is -5.90. The molecule has 1 heterocycles. The van der Waals surface area contributed by atoms with Crippen molar-refractivity contribution in [2.24, 2.45) is 20.5 Å². The Labute approximate surface area is 286 Å². The van der Waals surface area contributed by atoms with Gasteiger partial charge in [0.15, 0.2) is 0 Å². The van der Waals surface area contributed by atoms with Crippen LogP contribution >= 0.6 is 0 Å². The predicted molar refractivity (Wildman–Crippen MR) is 192 cm³/mol. The van der Waals surface area contributed by atoms with Gasteiger partial charge in [0.05, 0.1) is 47.1 Å². The van der Waals surface area contributed by atoms with Crippen LogP contribution in [-0.2, 0) is 12.8 Å². The monoisotopic (exact) mass is 656 g/mol. The van der Waals surface area contributed by atoms with Gasteiger partial charge in [-0.2, -0.15) is 20.5 Å². The summed E-state index contributed by atoms with van der Waals surface area (Å²) in [6.07, 6.45) is 4.89. The molecule has 1 aliphatic rings. The molecule has 2 amide bonds. The summed E-state index contributed by atoms with van der Waals surface area (Å²) in [5.41, 5.74) is 6.79. The van der Waals surface area contributed by atoms with Crippen molar-refractivity contribution in [2.75, 3.05) is 26.3 Å². The fourth-order valence-electron chi connectivity index (χ4n) is 5.16. The van der Waals surface area contributed by atoms with Crippen LogP contribution < -0.4 is 20.1 Å². The van der Waals surface area contributed by atoms with Crippen molar-refractivity contribution < 1.29 is 19.1 Å². The van der Waals surface area contributed by atoms with Crippen molar-refractivity contribution in [1.29, 1.82) is 0 Å². The van der Waals surface area contributed by atoms with Gasteiger partial charge in [-0.3, -0.25) is 9.59 Å². The molecular weight excluding hydrogens is 616 g/mol. The fourth-order valence-corrected chi connectivity index (χ4v) is 5.16. The van der Waals surface area contributed by atoms with E-state index in [0.717, 1.165) is 22.3 Å². The first-order valence-electron chi connectivity index (χ1n) is 16.2. The lowest BCUT2D eigenvalue weighted by Gasteiger charge is -2.17. The maximum atomic E-state index is 13.6. The quantitative estimate of drug-likeness (QED) is 0.145. The summed E-state index contributed by atoms with van der Waals surface area (Å²) in [7, 11) is 0. The minimum Gasteiger partial charge on any atom is -0.492 e. The van der Waals surface area contributed by atoms with Crippen LogP contribution in [0.3, 0.4) is 0 Å². The lowest BCUT2D eigenvalue weighted by Crippen LogP contribution is -2.35. The molecule has 0 bridgehead atoms. The molecule has 0 saturated heterocycles. The molecule has 0 fully saturated rings. The van der Waals surface area contributed by atoms with Crippen LogP contribution in [0.15, 0.2) is 119 Å². The Morgan fingerprint density at radius 3 is 1.39 bits per heavy atom. The molecule has 0 radical (unpaired) electrons. The standard InChI is InChI=1S/C39H40N6O4/c1-5-8-28-22-32(44-42-30-14-10-26(3)11-15-30)24-34-36(28)48-20-7-21-49-37-29(9-6-2)23-33(45-43-31-16-12-27(4)13-17-31)25-35(37)39(47)41-19-18-40-38(34)46/h5-6,10-17,22-25H,1-2,7-9,18-21H2,3-4H3,(H,40,46)(H,41,47). The van der Waals surface area contributed by atoms with E-state index in [1.54, 1.807) is 24.3 Å². The summed E-state index contributed by atoms with van der Waals surface area (Å²) in [6, 6.07) is 22.4. The molecule has 250 valence electrons. The molecule has 0 spiro atoms. The SMILES string of the molecule is C=CCc1cc(N=Nc2ccc(C)cc2)cc2c1OCCCOc1c(CC=C)cc(N=Nc3ccc(C)cc3)cc1C(=O)NCCNC2=O. The summed E-state index contributed by atoms with van der Waals surface area (Å²) in [5.74, 6) is 0.171. The summed E-state index contributed by atoms with van der Waals surface area (Å²) in [4.78, 5) is 27.1. The zero-order valence-electron chi connectivity index (χ0n) is 27.9. The van der Waals surface area contributed by atoms with Gasteiger partial charge in [0.2, 0.25) is 0 Å². The number of allylic oxidation sites excluding steroid dienone is 2. The van der Waals surface area contributed by atoms with Crippen molar-refractivity contribution in [2.45, 2.75) is 33.1 Å². The first-order chi connectivity index (χ1) is 23.8. The molecule has 4 aromatic carbocycles. The smallest absolute Gasteiger partial charge is 0.255 e. The van der Waals surface area contributed by atoms with Gasteiger partial charge in [-0.15, -0.1) is 13.2 Å². The minimum absolute atomic E-state index is 0.165. The van der Waals surface area contributed by atoms with E-state index in [2.05, 4.69) is 44.2 Å². The topological polar surface area (TPSA) is 126 Å². The number of nitrogens with one attached hydrogen (secondary N) is 2. The van der Waals surface area contributed by atoms with Crippen molar-refractivity contribution in [3.8, 4) is 11.5 Å². The number of hydrogen-bond donors (Lipinski definition) is 2. The van der Waals surface area contributed by atoms with Gasteiger partial charge in [0, 0.05) is 30.6 Å². The van der Waals surface area contributed by atoms with Crippen LogP contribution in [0.1, 0.15) is 49.4 Å². The van der Waals surface area contributed by atoms with Gasteiger partial charge in [0.25, 0.3) is 11.8 Å². The lowest BCUT2D eigenvalue weighted by molar-refractivity contribution is 0.0924. The minimum atomic E-state index is -0.361. The molecule has 1 aliphatic heterocycles. The zero-order chi connectivity index (χ0) is 34.6. The van der Waals surface area contributed by atoms with Gasteiger partial charge in [-0.05, 0) is 75.2 Å². The highest BCUT2D eigenvalue weighted by atomic mass is 16.5. The first-order valence-corrected chi connectivity index (χ1v) is 16.2. The summed E-state index contributed by atoms with van der Waals surface area (Å²) in [6.45, 7) is 12.6. The van der Waals surface area contributed by atoms with Crippen molar-refractivity contribution in [3.05, 3.63) is 131 Å². The van der Waals surface area contributed by atoms with Crippen molar-refractivity contribution >= 4 is 34.6 Å². The van der Waals surface area contributed by atoms with E-state index in [1.807, 2.05) is 74.5 Å². The number of carbonyl (C=O) groups excluding carboxylic acids is 2. The van der Waals surface area contributed by atoms with Crippen LogP contribution in [0, 0.1) is 13.8 Å². The van der Waals surface area contributed by atoms with Gasteiger partial charge in [-0.1, -0.05) is 47.5 Å². The van der Waals surface area contributed by atoms with Crippen LogP contribution in [0.2, 0.25) is 0 Å². The molecular formula is C39H40N6O4. The molecule has 0 aromatic heterocycles. The number of ether oxygens (including phenoxy) is 2. The third-order valence-corrected chi connectivity index (χ3v) is 7.63. The maximum absolute atomic E-state index is 13.6. The number of rotatable bonds is 8. The largest absolute Gasteiger partial charge is 0.492 e. The van der Waals surface area contributed by atoms with E-state index in [-0.39, 0.29) is 38.1 Å². The second-order valence-electron chi connectivity index (χ2n) is 11.6. The number of benzene rings is 4. The average molecular weight is 657 g/mol. The Kier molecular flexibility index (Phi) is 11.8. The highest BCUT2D eigenvalue weighted by molar-refractivity contribution is 5.99. The van der Waals surface area contributed by atoms with Crippen LogP contribution in [0.4, 0.5) is 22.7 Å². The molecule has 5 rings (SSSR count). The molecule has 0 saturated carbocycles. The number of carbonyl (C=O) groups is 2. The summed E-state index contributed by atoms with van der Waals surface area (Å²) in [5, 5.41) is 23.4. The van der Waals surface area contributed by atoms with Gasteiger partial charge in [-0.25, -0.2) is 0 Å². The molecule has 0 unspecified atom stereocenters. The highest BCUT2D eigenvalue weighted by Gasteiger charge is 2.21. The molecule has 0 aliphatic carbocycles. The second-order valence-corrected chi connectivity index (χ2v) is 11.6. The number of fused-ring (bicyclic) bond motifs is 2. The van der Waals surface area contributed by atoms with E-state index >= 15 is 0 Å². The highest BCUT2D eigenvalue weighted by Crippen LogP contribution is 2.34.